The molecular weight excluding hydrogens is 220 g/mol. The number of anilines is 1. The van der Waals surface area contributed by atoms with Crippen LogP contribution in [0, 0.1) is 10.1 Å². The molecule has 0 unspecified atom stereocenters. The molecule has 1 amide bonds. The minimum Gasteiger partial charge on any atom is -0.326 e. The van der Waals surface area contributed by atoms with Gasteiger partial charge in [0, 0.05) is 12.5 Å². The van der Waals surface area contributed by atoms with E-state index in [1.165, 1.54) is 12.1 Å². The summed E-state index contributed by atoms with van der Waals surface area (Å²) in [6.07, 6.45) is 0.958. The van der Waals surface area contributed by atoms with Crippen LogP contribution in [0.1, 0.15) is 12.0 Å². The van der Waals surface area contributed by atoms with E-state index in [2.05, 4.69) is 5.32 Å². The van der Waals surface area contributed by atoms with Crippen LogP contribution < -0.4 is 5.32 Å². The van der Waals surface area contributed by atoms with Crippen molar-refractivity contribution in [3.05, 3.63) is 32.8 Å². The Balaban J connectivity index is 2.51. The van der Waals surface area contributed by atoms with Gasteiger partial charge >= 0.3 is 0 Å². The summed E-state index contributed by atoms with van der Waals surface area (Å²) in [7, 11) is 0. The Labute approximate surface area is 90.2 Å². The molecule has 0 atom stereocenters. The van der Waals surface area contributed by atoms with Crippen LogP contribution in [0.4, 0.5) is 11.4 Å². The molecular formula is C9H7ClN2O3. The standard InChI is InChI=1S/C9H7ClN2O3/c10-6-3-5-1-2-9(13)11-7(5)4-8(6)12(14)15/h3-4H,1-2H2,(H,11,13). The second-order valence-electron chi connectivity index (χ2n) is 3.27. The third-order valence-electron chi connectivity index (χ3n) is 2.26. The summed E-state index contributed by atoms with van der Waals surface area (Å²) in [5.41, 5.74) is 1.14. The SMILES string of the molecule is O=C1CCc2cc(Cl)c([N+](=O)[O-])cc2N1. The van der Waals surface area contributed by atoms with Gasteiger partial charge in [-0.3, -0.25) is 14.9 Å². The van der Waals surface area contributed by atoms with E-state index in [1.54, 1.807) is 0 Å². The molecule has 1 N–H and O–H groups in total. The van der Waals surface area contributed by atoms with Crippen molar-refractivity contribution in [2.75, 3.05) is 5.32 Å². The number of benzene rings is 1. The van der Waals surface area contributed by atoms with Crippen LogP contribution >= 0.6 is 11.6 Å². The van der Waals surface area contributed by atoms with Crippen LogP contribution in [0.15, 0.2) is 12.1 Å². The number of amides is 1. The van der Waals surface area contributed by atoms with Crippen molar-refractivity contribution in [3.8, 4) is 0 Å². The predicted molar refractivity (Wildman–Crippen MR) is 55.1 cm³/mol. The first-order chi connectivity index (χ1) is 7.08. The van der Waals surface area contributed by atoms with E-state index in [9.17, 15) is 14.9 Å². The van der Waals surface area contributed by atoms with Gasteiger partial charge in [-0.2, -0.15) is 0 Å². The lowest BCUT2D eigenvalue weighted by Gasteiger charge is -2.16. The van der Waals surface area contributed by atoms with E-state index in [-0.39, 0.29) is 16.6 Å². The number of nitrogens with one attached hydrogen (secondary N) is 1. The van der Waals surface area contributed by atoms with Crippen LogP contribution in [0.3, 0.4) is 0 Å². The molecule has 5 nitrogen and oxygen atoms in total. The van der Waals surface area contributed by atoms with E-state index < -0.39 is 4.92 Å². The van der Waals surface area contributed by atoms with Crippen LogP contribution in [0.25, 0.3) is 0 Å². The molecule has 78 valence electrons. The molecule has 1 aromatic carbocycles. The number of carbonyl (C=O) groups is 1. The smallest absolute Gasteiger partial charge is 0.289 e. The molecule has 0 aromatic heterocycles. The normalized spacial score (nSPS) is 14.3. The molecule has 0 aliphatic carbocycles. The second kappa shape index (κ2) is 3.51. The van der Waals surface area contributed by atoms with E-state index in [4.69, 9.17) is 11.6 Å². The van der Waals surface area contributed by atoms with Crippen LogP contribution in [0.2, 0.25) is 5.02 Å². The number of rotatable bonds is 1. The highest BCUT2D eigenvalue weighted by Gasteiger charge is 2.21. The summed E-state index contributed by atoms with van der Waals surface area (Å²) in [4.78, 5) is 21.1. The number of nitro groups is 1. The fourth-order valence-electron chi connectivity index (χ4n) is 1.53. The Kier molecular flexibility index (Phi) is 2.32. The van der Waals surface area contributed by atoms with E-state index >= 15 is 0 Å². The largest absolute Gasteiger partial charge is 0.326 e. The zero-order valence-corrected chi connectivity index (χ0v) is 8.37. The molecule has 0 fully saturated rings. The first-order valence-electron chi connectivity index (χ1n) is 4.34. The number of hydrogen-bond donors (Lipinski definition) is 1. The Morgan fingerprint density at radius 3 is 2.80 bits per heavy atom. The van der Waals surface area contributed by atoms with Gasteiger partial charge in [-0.15, -0.1) is 0 Å². The minimum absolute atomic E-state index is 0.106. The topological polar surface area (TPSA) is 72.2 Å². The van der Waals surface area contributed by atoms with Gasteiger partial charge in [-0.1, -0.05) is 11.6 Å². The Morgan fingerprint density at radius 2 is 2.13 bits per heavy atom. The molecule has 1 heterocycles. The number of nitrogens with zero attached hydrogens (tertiary/aromatic N) is 1. The van der Waals surface area contributed by atoms with Crippen molar-refractivity contribution >= 4 is 28.9 Å². The Morgan fingerprint density at radius 1 is 1.40 bits per heavy atom. The zero-order valence-electron chi connectivity index (χ0n) is 7.62. The van der Waals surface area contributed by atoms with Gasteiger partial charge in [0.2, 0.25) is 5.91 Å². The van der Waals surface area contributed by atoms with Crippen LogP contribution in [-0.2, 0) is 11.2 Å². The molecule has 0 saturated carbocycles. The molecule has 0 bridgehead atoms. The highest BCUT2D eigenvalue weighted by molar-refractivity contribution is 6.32. The monoisotopic (exact) mass is 226 g/mol. The Hall–Kier alpha value is -1.62. The highest BCUT2D eigenvalue weighted by atomic mass is 35.5. The van der Waals surface area contributed by atoms with Gasteiger partial charge in [0.25, 0.3) is 5.69 Å². The summed E-state index contributed by atoms with van der Waals surface area (Å²) in [6, 6.07) is 2.84. The molecule has 0 radical (unpaired) electrons. The van der Waals surface area contributed by atoms with Crippen molar-refractivity contribution in [2.45, 2.75) is 12.8 Å². The average molecular weight is 227 g/mol. The third-order valence-corrected chi connectivity index (χ3v) is 2.57. The van der Waals surface area contributed by atoms with Gasteiger partial charge in [-0.25, -0.2) is 0 Å². The van der Waals surface area contributed by atoms with Crippen LogP contribution in [-0.4, -0.2) is 10.8 Å². The fraction of sp³-hybridized carbons (Fsp3) is 0.222. The number of hydrogen-bond acceptors (Lipinski definition) is 3. The number of aryl methyl sites for hydroxylation is 1. The van der Waals surface area contributed by atoms with Crippen molar-refractivity contribution in [2.24, 2.45) is 0 Å². The minimum atomic E-state index is -0.566. The van der Waals surface area contributed by atoms with Gasteiger partial charge in [0.05, 0.1) is 10.6 Å². The number of halogens is 1. The van der Waals surface area contributed by atoms with Crippen LogP contribution in [0.5, 0.6) is 0 Å². The summed E-state index contributed by atoms with van der Waals surface area (Å²) >= 11 is 5.74. The molecule has 0 saturated heterocycles. The molecule has 15 heavy (non-hydrogen) atoms. The van der Waals surface area contributed by atoms with E-state index in [0.29, 0.717) is 18.5 Å². The maximum atomic E-state index is 11.1. The molecule has 2 rings (SSSR count). The van der Waals surface area contributed by atoms with Crippen molar-refractivity contribution in [3.63, 3.8) is 0 Å². The molecule has 0 spiro atoms. The molecule has 1 aliphatic heterocycles. The summed E-state index contributed by atoms with van der Waals surface area (Å²) < 4.78 is 0. The summed E-state index contributed by atoms with van der Waals surface area (Å²) in [6.45, 7) is 0. The van der Waals surface area contributed by atoms with Gasteiger partial charge in [0.1, 0.15) is 5.02 Å². The first kappa shape index (κ1) is 9.92. The first-order valence-corrected chi connectivity index (χ1v) is 4.72. The fourth-order valence-corrected chi connectivity index (χ4v) is 1.78. The summed E-state index contributed by atoms with van der Waals surface area (Å²) in [5.74, 6) is -0.126. The quantitative estimate of drug-likeness (QED) is 0.589. The van der Waals surface area contributed by atoms with Crippen molar-refractivity contribution in [1.82, 2.24) is 0 Å². The molecule has 6 heteroatoms. The average Bonchev–Trinajstić information content (AvgIpc) is 2.17. The molecule has 1 aromatic rings. The Bertz CT molecular complexity index is 459. The van der Waals surface area contributed by atoms with Crippen molar-refractivity contribution < 1.29 is 9.72 Å². The lowest BCUT2D eigenvalue weighted by Crippen LogP contribution is -2.19. The lowest BCUT2D eigenvalue weighted by atomic mass is 10.0. The van der Waals surface area contributed by atoms with Gasteiger partial charge < -0.3 is 5.32 Å². The highest BCUT2D eigenvalue weighted by Crippen LogP contribution is 2.33. The molecule has 1 aliphatic rings. The van der Waals surface area contributed by atoms with Crippen molar-refractivity contribution in [1.29, 1.82) is 0 Å². The predicted octanol–water partition coefficient (Wildman–Crippen LogP) is 2.13. The van der Waals surface area contributed by atoms with Gasteiger partial charge in [-0.05, 0) is 18.1 Å². The lowest BCUT2D eigenvalue weighted by molar-refractivity contribution is -0.384. The third kappa shape index (κ3) is 1.78. The second-order valence-corrected chi connectivity index (χ2v) is 3.67. The number of nitro benzene ring substituents is 1. The van der Waals surface area contributed by atoms with Gasteiger partial charge in [0.15, 0.2) is 0 Å². The maximum absolute atomic E-state index is 11.1. The summed E-state index contributed by atoms with van der Waals surface area (Å²) in [5, 5.41) is 13.3. The van der Waals surface area contributed by atoms with E-state index in [0.717, 1.165) is 5.56 Å². The number of fused-ring (bicyclic) bond motifs is 1. The van der Waals surface area contributed by atoms with E-state index in [1.807, 2.05) is 0 Å². The maximum Gasteiger partial charge on any atom is 0.289 e. The number of carbonyl (C=O) groups excluding carboxylic acids is 1. The zero-order chi connectivity index (χ0) is 11.0.